The fourth-order valence-corrected chi connectivity index (χ4v) is 2.86. The van der Waals surface area contributed by atoms with Crippen LogP contribution in [0.5, 0.6) is 5.75 Å². The van der Waals surface area contributed by atoms with Gasteiger partial charge in [-0.1, -0.05) is 61.5 Å². The third-order valence-corrected chi connectivity index (χ3v) is 4.40. The van der Waals surface area contributed by atoms with Gasteiger partial charge in [0.15, 0.2) is 0 Å². The minimum absolute atomic E-state index is 0.0951. The Morgan fingerprint density at radius 2 is 1.59 bits per heavy atom. The molecule has 0 aliphatic carbocycles. The van der Waals surface area contributed by atoms with E-state index in [1.54, 1.807) is 36.1 Å². The lowest BCUT2D eigenvalue weighted by molar-refractivity contribution is -0.115. The number of amides is 2. The van der Waals surface area contributed by atoms with Crippen LogP contribution in [0, 0.1) is 0 Å². The average Bonchev–Trinajstić information content (AvgIpc) is 2.75. The zero-order valence-corrected chi connectivity index (χ0v) is 16.4. The van der Waals surface area contributed by atoms with Gasteiger partial charge in [-0.2, -0.15) is 0 Å². The van der Waals surface area contributed by atoms with Gasteiger partial charge in [-0.05, 0) is 36.2 Å². The lowest BCUT2D eigenvalue weighted by atomic mass is 10.1. The molecule has 0 saturated heterocycles. The smallest absolute Gasteiger partial charge is 0.410 e. The summed E-state index contributed by atoms with van der Waals surface area (Å²) in [7, 11) is 0. The molecule has 0 fully saturated rings. The van der Waals surface area contributed by atoms with Crippen LogP contribution in [0.25, 0.3) is 0 Å². The molecule has 0 saturated carbocycles. The van der Waals surface area contributed by atoms with E-state index in [0.717, 1.165) is 11.3 Å². The predicted molar refractivity (Wildman–Crippen MR) is 115 cm³/mol. The van der Waals surface area contributed by atoms with E-state index >= 15 is 0 Å². The van der Waals surface area contributed by atoms with Gasteiger partial charge in [0.05, 0.1) is 0 Å². The summed E-state index contributed by atoms with van der Waals surface area (Å²) >= 11 is 0. The fourth-order valence-electron chi connectivity index (χ4n) is 2.86. The second kappa shape index (κ2) is 10.1. The van der Waals surface area contributed by atoms with E-state index in [1.165, 1.54) is 0 Å². The van der Waals surface area contributed by atoms with Crippen molar-refractivity contribution in [3.05, 3.63) is 90.5 Å². The summed E-state index contributed by atoms with van der Waals surface area (Å²) < 4.78 is 5.61. The lowest BCUT2D eigenvalue weighted by Crippen LogP contribution is -2.35. The number of benzene rings is 3. The molecular weight excluding hydrogens is 364 g/mol. The van der Waals surface area contributed by atoms with Gasteiger partial charge in [0.1, 0.15) is 5.75 Å². The first-order valence-electron chi connectivity index (χ1n) is 9.64. The molecule has 5 nitrogen and oxygen atoms in total. The first-order chi connectivity index (χ1) is 14.2. The highest BCUT2D eigenvalue weighted by Crippen LogP contribution is 2.21. The van der Waals surface area contributed by atoms with Crippen molar-refractivity contribution in [2.24, 2.45) is 0 Å². The minimum Gasteiger partial charge on any atom is -0.410 e. The third-order valence-electron chi connectivity index (χ3n) is 4.40. The third kappa shape index (κ3) is 5.94. The number of anilines is 2. The van der Waals surface area contributed by atoms with Crippen LogP contribution in [0.3, 0.4) is 0 Å². The Morgan fingerprint density at radius 1 is 0.897 bits per heavy atom. The number of nitrogens with one attached hydrogen (secondary N) is 1. The molecule has 0 unspecified atom stereocenters. The summed E-state index contributed by atoms with van der Waals surface area (Å²) in [5.74, 6) is 0.284. The monoisotopic (exact) mass is 388 g/mol. The second-order valence-corrected chi connectivity index (χ2v) is 6.52. The van der Waals surface area contributed by atoms with E-state index in [4.69, 9.17) is 4.74 Å². The maximum absolute atomic E-state index is 12.9. The molecule has 0 spiro atoms. The Kier molecular flexibility index (Phi) is 7.00. The molecule has 0 radical (unpaired) electrons. The normalized spacial score (nSPS) is 10.2. The highest BCUT2D eigenvalue weighted by atomic mass is 16.6. The summed E-state index contributed by atoms with van der Waals surface area (Å²) in [4.78, 5) is 26.2. The van der Waals surface area contributed by atoms with E-state index in [-0.39, 0.29) is 5.91 Å². The van der Waals surface area contributed by atoms with Gasteiger partial charge in [-0.15, -0.1) is 0 Å². The first-order valence-corrected chi connectivity index (χ1v) is 9.64. The minimum atomic E-state index is -0.467. The van der Waals surface area contributed by atoms with Crippen LogP contribution >= 0.6 is 0 Å². The predicted octanol–water partition coefficient (Wildman–Crippen LogP) is 5.28. The number of carbonyl (C=O) groups is 2. The number of nitrogens with zero attached hydrogens (tertiary/aromatic N) is 1. The first kappa shape index (κ1) is 20.1. The molecule has 1 N–H and O–H groups in total. The van der Waals surface area contributed by atoms with Crippen LogP contribution in [-0.2, 0) is 11.2 Å². The molecular formula is C24H24N2O3. The summed E-state index contributed by atoms with van der Waals surface area (Å²) in [6.07, 6.45) is 0.619. The molecule has 0 bridgehead atoms. The molecule has 5 heteroatoms. The zero-order valence-electron chi connectivity index (χ0n) is 16.4. The van der Waals surface area contributed by atoms with Crippen LogP contribution in [-0.4, -0.2) is 18.5 Å². The van der Waals surface area contributed by atoms with Gasteiger partial charge >= 0.3 is 6.09 Å². The fraction of sp³-hybridized carbons (Fsp3) is 0.167. The summed E-state index contributed by atoms with van der Waals surface area (Å²) in [6.45, 7) is 2.27. The Hall–Kier alpha value is -3.60. The highest BCUT2D eigenvalue weighted by Gasteiger charge is 2.18. The van der Waals surface area contributed by atoms with E-state index in [2.05, 4.69) is 5.32 Å². The Labute approximate surface area is 170 Å². The Morgan fingerprint density at radius 3 is 2.28 bits per heavy atom. The van der Waals surface area contributed by atoms with Gasteiger partial charge < -0.3 is 10.1 Å². The van der Waals surface area contributed by atoms with Gasteiger partial charge in [0.25, 0.3) is 0 Å². The van der Waals surface area contributed by atoms with Crippen LogP contribution in [0.15, 0.2) is 84.9 Å². The zero-order chi connectivity index (χ0) is 20.5. The summed E-state index contributed by atoms with van der Waals surface area (Å²) in [5.41, 5.74) is 2.51. The SMILES string of the molecule is CCC(=O)Nc1cccc(OC(=O)N(CCc2ccccc2)c2ccccc2)c1. The van der Waals surface area contributed by atoms with Crippen molar-refractivity contribution in [1.82, 2.24) is 0 Å². The van der Waals surface area contributed by atoms with Crippen molar-refractivity contribution < 1.29 is 14.3 Å². The Bertz CT molecular complexity index is 943. The summed E-state index contributed by atoms with van der Waals surface area (Å²) in [6, 6.07) is 26.3. The molecule has 3 aromatic carbocycles. The van der Waals surface area contributed by atoms with E-state index in [0.29, 0.717) is 30.8 Å². The van der Waals surface area contributed by atoms with Crippen molar-refractivity contribution in [1.29, 1.82) is 0 Å². The molecule has 3 aromatic rings. The number of hydrogen-bond acceptors (Lipinski definition) is 3. The quantitative estimate of drug-likeness (QED) is 0.599. The maximum atomic E-state index is 12.9. The van der Waals surface area contributed by atoms with Crippen LogP contribution < -0.4 is 15.0 Å². The molecule has 0 aliphatic rings. The number of hydrogen-bond donors (Lipinski definition) is 1. The summed E-state index contributed by atoms with van der Waals surface area (Å²) in [5, 5.41) is 2.77. The van der Waals surface area contributed by atoms with Gasteiger partial charge in [0.2, 0.25) is 5.91 Å². The Balaban J connectivity index is 1.74. The highest BCUT2D eigenvalue weighted by molar-refractivity contribution is 5.91. The van der Waals surface area contributed by atoms with Crippen LogP contribution in [0.4, 0.5) is 16.2 Å². The van der Waals surface area contributed by atoms with Crippen molar-refractivity contribution >= 4 is 23.4 Å². The number of carbonyl (C=O) groups excluding carboxylic acids is 2. The number of ether oxygens (including phenoxy) is 1. The molecule has 0 aromatic heterocycles. The van der Waals surface area contributed by atoms with Gasteiger partial charge in [-0.3, -0.25) is 9.69 Å². The largest absolute Gasteiger partial charge is 0.419 e. The maximum Gasteiger partial charge on any atom is 0.419 e. The van der Waals surface area contributed by atoms with Crippen molar-refractivity contribution in [2.45, 2.75) is 19.8 Å². The molecule has 29 heavy (non-hydrogen) atoms. The average molecular weight is 388 g/mol. The van der Waals surface area contributed by atoms with E-state index in [9.17, 15) is 9.59 Å². The lowest BCUT2D eigenvalue weighted by Gasteiger charge is -2.22. The van der Waals surface area contributed by atoms with Gasteiger partial charge in [-0.25, -0.2) is 4.79 Å². The van der Waals surface area contributed by atoms with Crippen molar-refractivity contribution in [2.75, 3.05) is 16.8 Å². The molecule has 0 heterocycles. The second-order valence-electron chi connectivity index (χ2n) is 6.52. The standard InChI is InChI=1S/C24H24N2O3/c1-2-23(27)25-20-12-9-15-22(18-20)29-24(28)26(21-13-7-4-8-14-21)17-16-19-10-5-3-6-11-19/h3-15,18H,2,16-17H2,1H3,(H,25,27). The molecule has 3 rings (SSSR count). The van der Waals surface area contributed by atoms with E-state index in [1.807, 2.05) is 60.7 Å². The van der Waals surface area contributed by atoms with Gasteiger partial charge in [0, 0.05) is 30.4 Å². The molecule has 0 aliphatic heterocycles. The van der Waals surface area contributed by atoms with Crippen molar-refractivity contribution in [3.8, 4) is 5.75 Å². The van der Waals surface area contributed by atoms with Crippen molar-refractivity contribution in [3.63, 3.8) is 0 Å². The topological polar surface area (TPSA) is 58.6 Å². The molecule has 0 atom stereocenters. The van der Waals surface area contributed by atoms with E-state index < -0.39 is 6.09 Å². The van der Waals surface area contributed by atoms with Crippen LogP contribution in [0.2, 0.25) is 0 Å². The number of rotatable bonds is 7. The molecule has 148 valence electrons. The number of para-hydroxylation sites is 1. The molecule has 2 amide bonds. The van der Waals surface area contributed by atoms with Crippen LogP contribution in [0.1, 0.15) is 18.9 Å².